The van der Waals surface area contributed by atoms with E-state index in [1.54, 1.807) is 0 Å². The summed E-state index contributed by atoms with van der Waals surface area (Å²) in [4.78, 5) is 22.0. The van der Waals surface area contributed by atoms with Crippen molar-refractivity contribution < 1.29 is 14.6 Å². The normalized spacial score (nSPS) is 11.8. The first-order valence-electron chi connectivity index (χ1n) is 6.73. The zero-order chi connectivity index (χ0) is 14.2. The summed E-state index contributed by atoms with van der Waals surface area (Å²) in [6, 6.07) is 19.2. The van der Waals surface area contributed by atoms with Crippen LogP contribution in [0.25, 0.3) is 0 Å². The first kappa shape index (κ1) is 14.3. The average molecular weight is 270 g/mol. The van der Waals surface area contributed by atoms with Gasteiger partial charge in [0.15, 0.2) is 0 Å². The maximum atomic E-state index is 12.0. The minimum atomic E-state index is -0.352. The highest BCUT2D eigenvalue weighted by Crippen LogP contribution is 2.21. The predicted molar refractivity (Wildman–Crippen MR) is 76.8 cm³/mol. The van der Waals surface area contributed by atoms with Crippen molar-refractivity contribution in [3.8, 4) is 0 Å². The van der Waals surface area contributed by atoms with E-state index in [1.807, 2.05) is 67.6 Å². The van der Waals surface area contributed by atoms with Crippen LogP contribution in [0.1, 0.15) is 30.4 Å². The molecule has 0 aromatic heterocycles. The van der Waals surface area contributed by atoms with Gasteiger partial charge in [0, 0.05) is 0 Å². The van der Waals surface area contributed by atoms with E-state index in [-0.39, 0.29) is 18.5 Å². The minimum Gasteiger partial charge on any atom is -0.297 e. The summed E-state index contributed by atoms with van der Waals surface area (Å²) in [7, 11) is 0. The molecule has 1 atom stereocenters. The summed E-state index contributed by atoms with van der Waals surface area (Å²) in [6.45, 7) is 2.22. The molecule has 0 heterocycles. The van der Waals surface area contributed by atoms with Gasteiger partial charge in [-0.1, -0.05) is 67.6 Å². The van der Waals surface area contributed by atoms with Crippen molar-refractivity contribution in [3.63, 3.8) is 0 Å². The monoisotopic (exact) mass is 270 g/mol. The molecule has 0 radical (unpaired) electrons. The number of benzene rings is 2. The maximum absolute atomic E-state index is 12.0. The highest BCUT2D eigenvalue weighted by molar-refractivity contribution is 5.77. The summed E-state index contributed by atoms with van der Waals surface area (Å²) in [5.41, 5.74) is 1.91. The predicted octanol–water partition coefficient (Wildman–Crippen LogP) is 3.86. The van der Waals surface area contributed by atoms with E-state index in [0.717, 1.165) is 11.1 Å². The molecule has 2 rings (SSSR count). The van der Waals surface area contributed by atoms with Crippen LogP contribution >= 0.6 is 0 Å². The lowest BCUT2D eigenvalue weighted by Gasteiger charge is -2.13. The Morgan fingerprint density at radius 2 is 1.60 bits per heavy atom. The SMILES string of the molecule is CCC(C(=O)OOCc1ccccc1)c1ccccc1. The first-order valence-corrected chi connectivity index (χ1v) is 6.73. The third-order valence-electron chi connectivity index (χ3n) is 3.10. The molecule has 0 fully saturated rings. The summed E-state index contributed by atoms with van der Waals surface area (Å²) in [5, 5.41) is 0. The van der Waals surface area contributed by atoms with Crippen LogP contribution in [-0.4, -0.2) is 5.97 Å². The molecule has 2 aromatic rings. The van der Waals surface area contributed by atoms with Crippen LogP contribution in [0.4, 0.5) is 0 Å². The summed E-state index contributed by atoms with van der Waals surface area (Å²) < 4.78 is 0. The molecule has 1 unspecified atom stereocenters. The molecule has 0 aliphatic carbocycles. The van der Waals surface area contributed by atoms with Gasteiger partial charge in [-0.15, -0.1) is 0 Å². The molecule has 3 heteroatoms. The van der Waals surface area contributed by atoms with Crippen LogP contribution in [0.2, 0.25) is 0 Å². The lowest BCUT2D eigenvalue weighted by Crippen LogP contribution is -2.15. The summed E-state index contributed by atoms with van der Waals surface area (Å²) in [5.74, 6) is -0.637. The van der Waals surface area contributed by atoms with Crippen LogP contribution in [-0.2, 0) is 21.2 Å². The van der Waals surface area contributed by atoms with Gasteiger partial charge in [-0.2, -0.15) is 4.89 Å². The van der Waals surface area contributed by atoms with Crippen molar-refractivity contribution in [3.05, 3.63) is 71.8 Å². The van der Waals surface area contributed by atoms with E-state index < -0.39 is 0 Å². The Morgan fingerprint density at radius 3 is 2.20 bits per heavy atom. The van der Waals surface area contributed by atoms with Crippen molar-refractivity contribution in [2.75, 3.05) is 0 Å². The van der Waals surface area contributed by atoms with Gasteiger partial charge >= 0.3 is 5.97 Å². The van der Waals surface area contributed by atoms with Gasteiger partial charge in [-0.05, 0) is 17.5 Å². The van der Waals surface area contributed by atoms with E-state index in [9.17, 15) is 4.79 Å². The highest BCUT2D eigenvalue weighted by Gasteiger charge is 2.21. The van der Waals surface area contributed by atoms with Crippen LogP contribution in [0.15, 0.2) is 60.7 Å². The molecule has 0 N–H and O–H groups in total. The van der Waals surface area contributed by atoms with Crippen LogP contribution < -0.4 is 0 Å². The number of rotatable bonds is 6. The quantitative estimate of drug-likeness (QED) is 0.590. The summed E-state index contributed by atoms with van der Waals surface area (Å²) >= 11 is 0. The third-order valence-corrected chi connectivity index (χ3v) is 3.10. The molecule has 0 spiro atoms. The van der Waals surface area contributed by atoms with Gasteiger partial charge in [0.25, 0.3) is 0 Å². The van der Waals surface area contributed by atoms with E-state index in [4.69, 9.17) is 9.78 Å². The standard InChI is InChI=1S/C17H18O3/c1-2-16(15-11-7-4-8-12-15)17(18)20-19-13-14-9-5-3-6-10-14/h3-12,16H,2,13H2,1H3. The van der Waals surface area contributed by atoms with E-state index in [2.05, 4.69) is 0 Å². The molecular formula is C17H18O3. The fourth-order valence-corrected chi connectivity index (χ4v) is 2.01. The third kappa shape index (κ3) is 3.93. The smallest absolute Gasteiger partial charge is 0.297 e. The molecule has 0 amide bonds. The molecule has 104 valence electrons. The Balaban J connectivity index is 1.87. The number of carbonyl (C=O) groups excluding carboxylic acids is 1. The van der Waals surface area contributed by atoms with E-state index in [0.29, 0.717) is 6.42 Å². The summed E-state index contributed by atoms with van der Waals surface area (Å²) in [6.07, 6.45) is 0.678. The molecule has 0 bridgehead atoms. The Morgan fingerprint density at radius 1 is 1.00 bits per heavy atom. The average Bonchev–Trinajstić information content (AvgIpc) is 2.50. The highest BCUT2D eigenvalue weighted by atomic mass is 17.2. The second-order valence-corrected chi connectivity index (χ2v) is 4.52. The molecule has 0 saturated carbocycles. The minimum absolute atomic E-state index is 0.262. The maximum Gasteiger partial charge on any atom is 0.349 e. The van der Waals surface area contributed by atoms with Gasteiger partial charge < -0.3 is 0 Å². The van der Waals surface area contributed by atoms with Gasteiger partial charge in [0.05, 0.1) is 5.92 Å². The van der Waals surface area contributed by atoms with Gasteiger partial charge in [-0.3, -0.25) is 4.89 Å². The van der Waals surface area contributed by atoms with Crippen LogP contribution in [0.3, 0.4) is 0 Å². The van der Waals surface area contributed by atoms with Crippen molar-refractivity contribution in [1.29, 1.82) is 0 Å². The largest absolute Gasteiger partial charge is 0.349 e. The molecule has 20 heavy (non-hydrogen) atoms. The fourth-order valence-electron chi connectivity index (χ4n) is 2.01. The molecule has 2 aromatic carbocycles. The second-order valence-electron chi connectivity index (χ2n) is 4.52. The molecule has 3 nitrogen and oxygen atoms in total. The van der Waals surface area contributed by atoms with Crippen LogP contribution in [0.5, 0.6) is 0 Å². The number of hydrogen-bond acceptors (Lipinski definition) is 3. The lowest BCUT2D eigenvalue weighted by molar-refractivity contribution is -0.281. The molecule has 0 saturated heterocycles. The first-order chi connectivity index (χ1) is 9.81. The van der Waals surface area contributed by atoms with Gasteiger partial charge in [0.1, 0.15) is 6.61 Å². The number of hydrogen-bond donors (Lipinski definition) is 0. The van der Waals surface area contributed by atoms with Gasteiger partial charge in [-0.25, -0.2) is 4.79 Å². The Labute approximate surface area is 119 Å². The fraction of sp³-hybridized carbons (Fsp3) is 0.235. The second kappa shape index (κ2) is 7.46. The Kier molecular flexibility index (Phi) is 5.33. The Bertz CT molecular complexity index is 522. The lowest BCUT2D eigenvalue weighted by atomic mass is 9.97. The zero-order valence-electron chi connectivity index (χ0n) is 11.5. The topological polar surface area (TPSA) is 35.5 Å². The van der Waals surface area contributed by atoms with Crippen molar-refractivity contribution in [2.24, 2.45) is 0 Å². The van der Waals surface area contributed by atoms with Crippen LogP contribution in [0, 0.1) is 0 Å². The van der Waals surface area contributed by atoms with Gasteiger partial charge in [0.2, 0.25) is 0 Å². The van der Waals surface area contributed by atoms with E-state index >= 15 is 0 Å². The number of carbonyl (C=O) groups is 1. The van der Waals surface area contributed by atoms with Crippen molar-refractivity contribution in [2.45, 2.75) is 25.9 Å². The van der Waals surface area contributed by atoms with E-state index in [1.165, 1.54) is 0 Å². The van der Waals surface area contributed by atoms with Crippen molar-refractivity contribution in [1.82, 2.24) is 0 Å². The zero-order valence-corrected chi connectivity index (χ0v) is 11.5. The van der Waals surface area contributed by atoms with Crippen molar-refractivity contribution >= 4 is 5.97 Å². The molecular weight excluding hydrogens is 252 g/mol. The Hall–Kier alpha value is -2.13. The molecule has 0 aliphatic rings. The molecule has 0 aliphatic heterocycles.